The molecule has 0 aliphatic carbocycles. The third-order valence-electron chi connectivity index (χ3n) is 0.822. The van der Waals surface area contributed by atoms with Crippen molar-refractivity contribution in [2.45, 2.75) is 25.1 Å². The van der Waals surface area contributed by atoms with Crippen LogP contribution in [-0.2, 0) is 4.79 Å². The summed E-state index contributed by atoms with van der Waals surface area (Å²) in [6, 6.07) is 0. The van der Waals surface area contributed by atoms with E-state index in [1.54, 1.807) is 13.8 Å². The number of carbonyl (C=O) groups is 1. The SMILES string of the molecule is C=CC(=O)CC(C)(C)Cl. The lowest BCUT2D eigenvalue weighted by molar-refractivity contribution is -0.115. The molecule has 0 aliphatic heterocycles. The maximum Gasteiger partial charge on any atom is 0.156 e. The summed E-state index contributed by atoms with van der Waals surface area (Å²) in [5.41, 5.74) is 0. The summed E-state index contributed by atoms with van der Waals surface area (Å²) in [6.45, 7) is 6.94. The Morgan fingerprint density at radius 3 is 2.33 bits per heavy atom. The van der Waals surface area contributed by atoms with Crippen molar-refractivity contribution in [3.05, 3.63) is 12.7 Å². The van der Waals surface area contributed by atoms with Crippen LogP contribution in [0.15, 0.2) is 12.7 Å². The van der Waals surface area contributed by atoms with Gasteiger partial charge in [0.15, 0.2) is 5.78 Å². The van der Waals surface area contributed by atoms with Crippen LogP contribution in [0.3, 0.4) is 0 Å². The second-order valence-electron chi connectivity index (χ2n) is 2.57. The highest BCUT2D eigenvalue weighted by Gasteiger charge is 2.15. The van der Waals surface area contributed by atoms with E-state index in [0.29, 0.717) is 6.42 Å². The molecule has 0 aromatic rings. The molecule has 0 aromatic carbocycles. The molecule has 0 atom stereocenters. The molecule has 0 radical (unpaired) electrons. The fourth-order valence-electron chi connectivity index (χ4n) is 0.486. The Bertz CT molecular complexity index is 121. The molecule has 0 aromatic heterocycles. The molecule has 0 N–H and O–H groups in total. The molecule has 0 saturated carbocycles. The van der Waals surface area contributed by atoms with Crippen LogP contribution in [0.2, 0.25) is 0 Å². The molecule has 0 bridgehead atoms. The van der Waals surface area contributed by atoms with E-state index in [4.69, 9.17) is 11.6 Å². The van der Waals surface area contributed by atoms with Crippen molar-refractivity contribution in [3.63, 3.8) is 0 Å². The normalized spacial score (nSPS) is 11.0. The maximum absolute atomic E-state index is 10.6. The van der Waals surface area contributed by atoms with Gasteiger partial charge >= 0.3 is 0 Å². The zero-order chi connectivity index (χ0) is 7.49. The standard InChI is InChI=1S/C7H11ClO/c1-4-6(9)5-7(2,3)8/h4H,1,5H2,2-3H3. The third-order valence-corrected chi connectivity index (χ3v) is 0.956. The first-order valence-electron chi connectivity index (χ1n) is 2.80. The molecular weight excluding hydrogens is 136 g/mol. The number of alkyl halides is 1. The van der Waals surface area contributed by atoms with Gasteiger partial charge in [0.05, 0.1) is 0 Å². The number of allylic oxidation sites excluding steroid dienone is 1. The number of hydrogen-bond acceptors (Lipinski definition) is 1. The first kappa shape index (κ1) is 8.70. The van der Waals surface area contributed by atoms with Gasteiger partial charge in [-0.2, -0.15) is 0 Å². The van der Waals surface area contributed by atoms with Crippen LogP contribution in [0.5, 0.6) is 0 Å². The molecule has 0 rings (SSSR count). The highest BCUT2D eigenvalue weighted by Crippen LogP contribution is 2.17. The van der Waals surface area contributed by atoms with E-state index in [-0.39, 0.29) is 5.78 Å². The molecule has 9 heavy (non-hydrogen) atoms. The molecule has 2 heteroatoms. The second kappa shape index (κ2) is 3.02. The summed E-state index contributed by atoms with van der Waals surface area (Å²) in [5.74, 6) is -0.00463. The number of rotatable bonds is 3. The van der Waals surface area contributed by atoms with Crippen molar-refractivity contribution in [2.75, 3.05) is 0 Å². The molecular formula is C7H11ClO. The summed E-state index contributed by atoms with van der Waals surface area (Å²) in [6.07, 6.45) is 1.65. The minimum Gasteiger partial charge on any atom is -0.295 e. The summed E-state index contributed by atoms with van der Waals surface area (Å²) in [4.78, 5) is 10.2. The van der Waals surface area contributed by atoms with Gasteiger partial charge < -0.3 is 0 Å². The number of halogens is 1. The Morgan fingerprint density at radius 1 is 1.78 bits per heavy atom. The molecule has 0 amide bonds. The smallest absolute Gasteiger partial charge is 0.156 e. The van der Waals surface area contributed by atoms with E-state index in [1.165, 1.54) is 6.08 Å². The van der Waals surface area contributed by atoms with Gasteiger partial charge in [0, 0.05) is 11.3 Å². The van der Waals surface area contributed by atoms with E-state index >= 15 is 0 Å². The molecule has 0 spiro atoms. The maximum atomic E-state index is 10.6. The van der Waals surface area contributed by atoms with Gasteiger partial charge in [0.25, 0.3) is 0 Å². The Balaban J connectivity index is 3.74. The minimum absolute atomic E-state index is 0.00463. The van der Waals surface area contributed by atoms with Gasteiger partial charge in [-0.25, -0.2) is 0 Å². The Morgan fingerprint density at radius 2 is 2.22 bits per heavy atom. The van der Waals surface area contributed by atoms with Gasteiger partial charge in [-0.3, -0.25) is 4.79 Å². The van der Waals surface area contributed by atoms with Crippen LogP contribution in [0.1, 0.15) is 20.3 Å². The van der Waals surface area contributed by atoms with E-state index in [9.17, 15) is 4.79 Å². The zero-order valence-corrected chi connectivity index (χ0v) is 6.53. The lowest BCUT2D eigenvalue weighted by Gasteiger charge is -2.11. The third kappa shape index (κ3) is 5.57. The van der Waals surface area contributed by atoms with Crippen molar-refractivity contribution < 1.29 is 4.79 Å². The van der Waals surface area contributed by atoms with Crippen LogP contribution < -0.4 is 0 Å². The van der Waals surface area contributed by atoms with Crippen LogP contribution >= 0.6 is 11.6 Å². The molecule has 0 saturated heterocycles. The fraction of sp³-hybridized carbons (Fsp3) is 0.571. The monoisotopic (exact) mass is 146 g/mol. The molecule has 52 valence electrons. The zero-order valence-electron chi connectivity index (χ0n) is 5.78. The van der Waals surface area contributed by atoms with Gasteiger partial charge in [0.1, 0.15) is 0 Å². The molecule has 0 heterocycles. The summed E-state index contributed by atoms with van der Waals surface area (Å²) in [5, 5.41) is 0. The number of carbonyl (C=O) groups excluding carboxylic acids is 1. The Kier molecular flexibility index (Phi) is 2.92. The van der Waals surface area contributed by atoms with Crippen molar-refractivity contribution in [1.29, 1.82) is 0 Å². The second-order valence-corrected chi connectivity index (χ2v) is 3.59. The van der Waals surface area contributed by atoms with E-state index in [1.807, 2.05) is 0 Å². The Hall–Kier alpha value is -0.300. The van der Waals surface area contributed by atoms with Crippen molar-refractivity contribution in [1.82, 2.24) is 0 Å². The van der Waals surface area contributed by atoms with Crippen molar-refractivity contribution in [2.24, 2.45) is 0 Å². The van der Waals surface area contributed by atoms with E-state index in [0.717, 1.165) is 0 Å². The molecule has 0 unspecified atom stereocenters. The first-order chi connectivity index (χ1) is 3.95. The Labute approximate surface area is 60.7 Å². The highest BCUT2D eigenvalue weighted by atomic mass is 35.5. The van der Waals surface area contributed by atoms with Crippen LogP contribution in [0.4, 0.5) is 0 Å². The van der Waals surface area contributed by atoms with E-state index in [2.05, 4.69) is 6.58 Å². The van der Waals surface area contributed by atoms with Gasteiger partial charge in [-0.1, -0.05) is 6.58 Å². The van der Waals surface area contributed by atoms with Crippen molar-refractivity contribution in [3.8, 4) is 0 Å². The molecule has 0 fully saturated rings. The average Bonchev–Trinajstić information content (AvgIpc) is 1.62. The van der Waals surface area contributed by atoms with Gasteiger partial charge in [-0.15, -0.1) is 11.6 Å². The quantitative estimate of drug-likeness (QED) is 0.441. The molecule has 0 aliphatic rings. The first-order valence-corrected chi connectivity index (χ1v) is 3.18. The van der Waals surface area contributed by atoms with Gasteiger partial charge in [0.2, 0.25) is 0 Å². The fourth-order valence-corrected chi connectivity index (χ4v) is 0.618. The minimum atomic E-state index is -0.425. The predicted octanol–water partition coefficient (Wildman–Crippen LogP) is 2.15. The van der Waals surface area contributed by atoms with Crippen LogP contribution in [0, 0.1) is 0 Å². The van der Waals surface area contributed by atoms with Crippen LogP contribution in [0.25, 0.3) is 0 Å². The highest BCUT2D eigenvalue weighted by molar-refractivity contribution is 6.24. The average molecular weight is 147 g/mol. The molecule has 1 nitrogen and oxygen atoms in total. The number of ketones is 1. The lowest BCUT2D eigenvalue weighted by atomic mass is 10.1. The van der Waals surface area contributed by atoms with E-state index < -0.39 is 4.87 Å². The van der Waals surface area contributed by atoms with Crippen LogP contribution in [-0.4, -0.2) is 10.7 Å². The largest absolute Gasteiger partial charge is 0.295 e. The van der Waals surface area contributed by atoms with Crippen molar-refractivity contribution >= 4 is 17.4 Å². The number of hydrogen-bond donors (Lipinski definition) is 0. The predicted molar refractivity (Wildman–Crippen MR) is 39.8 cm³/mol. The lowest BCUT2D eigenvalue weighted by Crippen LogP contribution is -2.14. The topological polar surface area (TPSA) is 17.1 Å². The summed E-state index contributed by atoms with van der Waals surface area (Å²) >= 11 is 5.74. The summed E-state index contributed by atoms with van der Waals surface area (Å²) in [7, 11) is 0. The van der Waals surface area contributed by atoms with Gasteiger partial charge in [-0.05, 0) is 19.9 Å². The summed E-state index contributed by atoms with van der Waals surface area (Å²) < 4.78 is 0.